The fraction of sp³-hybridized carbons (Fsp3) is 0.375. The average molecular weight is 226 g/mol. The second-order valence-corrected chi connectivity index (χ2v) is 4.47. The van der Waals surface area contributed by atoms with Crippen LogP contribution in [0, 0.1) is 18.6 Å². The first-order valence-corrected chi connectivity index (χ1v) is 5.48. The van der Waals surface area contributed by atoms with Crippen LogP contribution < -0.4 is 0 Å². The molecule has 1 N–H and O–H groups in total. The van der Waals surface area contributed by atoms with Crippen molar-refractivity contribution in [3.8, 4) is 0 Å². The molecule has 2 heterocycles. The second kappa shape index (κ2) is 3.62. The van der Waals surface area contributed by atoms with Gasteiger partial charge in [0.2, 0.25) is 0 Å². The lowest BCUT2D eigenvalue weighted by molar-refractivity contribution is 0.735. The van der Waals surface area contributed by atoms with Crippen molar-refractivity contribution in [3.05, 3.63) is 26.7 Å². The highest BCUT2D eigenvalue weighted by Gasteiger charge is 2.04. The van der Waals surface area contributed by atoms with Crippen LogP contribution in [0.4, 0.5) is 0 Å². The summed E-state index contributed by atoms with van der Waals surface area (Å²) in [6, 6.07) is 0. The number of aromatic nitrogens is 4. The zero-order chi connectivity index (χ0) is 10.1. The number of rotatable bonds is 2. The molecule has 0 aliphatic heterocycles. The monoisotopic (exact) mass is 226 g/mol. The minimum Gasteiger partial charge on any atom is -0.298 e. The van der Waals surface area contributed by atoms with E-state index in [1.54, 1.807) is 11.3 Å². The van der Waals surface area contributed by atoms with Gasteiger partial charge in [0.05, 0.1) is 17.2 Å². The highest BCUT2D eigenvalue weighted by atomic mass is 32.1. The number of thiazole rings is 1. The SMILES string of the molecule is Cc1nc(Cn2c(C)n[nH]c2=S)cs1. The van der Waals surface area contributed by atoms with Gasteiger partial charge in [-0.25, -0.2) is 4.98 Å². The molecule has 0 aromatic carbocycles. The van der Waals surface area contributed by atoms with Gasteiger partial charge in [-0.1, -0.05) is 0 Å². The molecule has 4 nitrogen and oxygen atoms in total. The maximum atomic E-state index is 5.10. The third-order valence-corrected chi connectivity index (χ3v) is 3.07. The van der Waals surface area contributed by atoms with Crippen molar-refractivity contribution in [1.29, 1.82) is 0 Å². The minimum atomic E-state index is 0.646. The topological polar surface area (TPSA) is 46.5 Å². The minimum absolute atomic E-state index is 0.646. The van der Waals surface area contributed by atoms with Crippen molar-refractivity contribution in [3.63, 3.8) is 0 Å². The third kappa shape index (κ3) is 1.76. The maximum Gasteiger partial charge on any atom is 0.195 e. The molecule has 0 fully saturated rings. The normalized spacial score (nSPS) is 10.7. The van der Waals surface area contributed by atoms with Crippen LogP contribution in [0.15, 0.2) is 5.38 Å². The fourth-order valence-corrected chi connectivity index (χ4v) is 2.07. The van der Waals surface area contributed by atoms with Crippen molar-refractivity contribution in [2.24, 2.45) is 0 Å². The summed E-state index contributed by atoms with van der Waals surface area (Å²) in [7, 11) is 0. The van der Waals surface area contributed by atoms with E-state index < -0.39 is 0 Å². The summed E-state index contributed by atoms with van der Waals surface area (Å²) in [6.07, 6.45) is 0. The van der Waals surface area contributed by atoms with Crippen molar-refractivity contribution in [2.45, 2.75) is 20.4 Å². The van der Waals surface area contributed by atoms with Crippen molar-refractivity contribution in [2.75, 3.05) is 0 Å². The first kappa shape index (κ1) is 9.54. The van der Waals surface area contributed by atoms with Crippen LogP contribution in [-0.2, 0) is 6.54 Å². The molecule has 74 valence electrons. The number of aromatic amines is 1. The zero-order valence-electron chi connectivity index (χ0n) is 7.94. The number of aryl methyl sites for hydroxylation is 2. The molecule has 2 aromatic heterocycles. The Morgan fingerprint density at radius 3 is 2.86 bits per heavy atom. The highest BCUT2D eigenvalue weighted by molar-refractivity contribution is 7.71. The third-order valence-electron chi connectivity index (χ3n) is 1.94. The molecule has 6 heteroatoms. The van der Waals surface area contributed by atoms with Crippen molar-refractivity contribution < 1.29 is 0 Å². The Balaban J connectivity index is 2.31. The smallest absolute Gasteiger partial charge is 0.195 e. The van der Waals surface area contributed by atoms with Gasteiger partial charge in [0.1, 0.15) is 5.82 Å². The van der Waals surface area contributed by atoms with Gasteiger partial charge < -0.3 is 0 Å². The van der Waals surface area contributed by atoms with E-state index >= 15 is 0 Å². The maximum absolute atomic E-state index is 5.10. The van der Waals surface area contributed by atoms with Gasteiger partial charge >= 0.3 is 0 Å². The van der Waals surface area contributed by atoms with Crippen molar-refractivity contribution in [1.82, 2.24) is 19.7 Å². The predicted octanol–water partition coefficient (Wildman–Crippen LogP) is 2.06. The summed E-state index contributed by atoms with van der Waals surface area (Å²) < 4.78 is 2.58. The van der Waals surface area contributed by atoms with Crippen molar-refractivity contribution >= 4 is 23.6 Å². The standard InChI is InChI=1S/C8H10N4S2/c1-5-10-11-8(13)12(5)3-7-4-14-6(2)9-7/h4H,3H2,1-2H3,(H,11,13). The molecule has 0 bridgehead atoms. The van der Waals surface area contributed by atoms with Crippen LogP contribution in [0.25, 0.3) is 0 Å². The number of H-pyrrole nitrogens is 1. The lowest BCUT2D eigenvalue weighted by atomic mass is 10.4. The number of nitrogens with one attached hydrogen (secondary N) is 1. The Bertz CT molecular complexity index is 493. The van der Waals surface area contributed by atoms with E-state index in [-0.39, 0.29) is 0 Å². The van der Waals surface area contributed by atoms with E-state index in [1.807, 2.05) is 23.8 Å². The molecule has 0 radical (unpaired) electrons. The average Bonchev–Trinajstić information content (AvgIpc) is 2.67. The molecule has 0 aliphatic carbocycles. The van der Waals surface area contributed by atoms with E-state index in [4.69, 9.17) is 12.2 Å². The number of hydrogen-bond donors (Lipinski definition) is 1. The molecule has 0 unspecified atom stereocenters. The van der Waals surface area contributed by atoms with Gasteiger partial charge in [0.25, 0.3) is 0 Å². The summed E-state index contributed by atoms with van der Waals surface area (Å²) in [5.74, 6) is 0.889. The summed E-state index contributed by atoms with van der Waals surface area (Å²) in [6.45, 7) is 4.62. The molecule has 0 amide bonds. The van der Waals surface area contributed by atoms with E-state index in [1.165, 1.54) is 0 Å². The Morgan fingerprint density at radius 1 is 1.57 bits per heavy atom. The van der Waals surface area contributed by atoms with Gasteiger partial charge in [-0.2, -0.15) is 5.10 Å². The molecule has 0 saturated carbocycles. The Kier molecular flexibility index (Phi) is 2.47. The Hall–Kier alpha value is -1.01. The molecule has 0 atom stereocenters. The van der Waals surface area contributed by atoms with Gasteiger partial charge in [0, 0.05) is 5.38 Å². The van der Waals surface area contributed by atoms with E-state index in [2.05, 4.69) is 15.2 Å². The molecule has 2 aromatic rings. The molecule has 14 heavy (non-hydrogen) atoms. The van der Waals surface area contributed by atoms with Crippen LogP contribution in [0.2, 0.25) is 0 Å². The largest absolute Gasteiger partial charge is 0.298 e. The van der Waals surface area contributed by atoms with E-state index in [0.29, 0.717) is 11.3 Å². The molecule has 2 rings (SSSR count). The van der Waals surface area contributed by atoms with E-state index in [9.17, 15) is 0 Å². The van der Waals surface area contributed by atoms with Gasteiger partial charge in [-0.05, 0) is 26.1 Å². The number of hydrogen-bond acceptors (Lipinski definition) is 4. The van der Waals surface area contributed by atoms with Crippen LogP contribution in [-0.4, -0.2) is 19.7 Å². The lowest BCUT2D eigenvalue weighted by Gasteiger charge is -1.99. The molecule has 0 saturated heterocycles. The molecule has 0 spiro atoms. The summed E-state index contributed by atoms with van der Waals surface area (Å²) >= 11 is 6.75. The fourth-order valence-electron chi connectivity index (χ4n) is 1.23. The predicted molar refractivity (Wildman–Crippen MR) is 58.1 cm³/mol. The summed E-state index contributed by atoms with van der Waals surface area (Å²) in [5.41, 5.74) is 1.04. The first-order chi connectivity index (χ1) is 6.66. The van der Waals surface area contributed by atoms with Gasteiger partial charge in [0.15, 0.2) is 4.77 Å². The second-order valence-electron chi connectivity index (χ2n) is 3.02. The van der Waals surface area contributed by atoms with Crippen LogP contribution in [0.5, 0.6) is 0 Å². The summed E-state index contributed by atoms with van der Waals surface area (Å²) in [5, 5.41) is 9.92. The first-order valence-electron chi connectivity index (χ1n) is 4.19. The quantitative estimate of drug-likeness (QED) is 0.797. The molecular formula is C8H10N4S2. The van der Waals surface area contributed by atoms with Crippen LogP contribution in [0.3, 0.4) is 0 Å². The lowest BCUT2D eigenvalue weighted by Crippen LogP contribution is -2.02. The number of nitrogens with zero attached hydrogens (tertiary/aromatic N) is 3. The summed E-state index contributed by atoms with van der Waals surface area (Å²) in [4.78, 5) is 4.38. The molecule has 0 aliphatic rings. The van der Waals surface area contributed by atoms with Crippen LogP contribution >= 0.6 is 23.6 Å². The molecular weight excluding hydrogens is 216 g/mol. The van der Waals surface area contributed by atoms with Crippen LogP contribution in [0.1, 0.15) is 16.5 Å². The highest BCUT2D eigenvalue weighted by Crippen LogP contribution is 2.10. The Labute approximate surface area is 90.6 Å². The Morgan fingerprint density at radius 2 is 2.36 bits per heavy atom. The zero-order valence-corrected chi connectivity index (χ0v) is 9.58. The van der Waals surface area contributed by atoms with Gasteiger partial charge in [-0.3, -0.25) is 9.67 Å². The van der Waals surface area contributed by atoms with E-state index in [0.717, 1.165) is 16.5 Å². The van der Waals surface area contributed by atoms with Gasteiger partial charge in [-0.15, -0.1) is 11.3 Å².